The molecule has 28 heavy (non-hydrogen) atoms. The van der Waals surface area contributed by atoms with Crippen LogP contribution in [0.5, 0.6) is 0 Å². The van der Waals surface area contributed by atoms with E-state index in [0.717, 1.165) is 24.1 Å². The summed E-state index contributed by atoms with van der Waals surface area (Å²) in [6.07, 6.45) is 1.17. The highest BCUT2D eigenvalue weighted by Gasteiger charge is 2.26. The number of para-hydroxylation sites is 2. The predicted molar refractivity (Wildman–Crippen MR) is 113 cm³/mol. The number of amides is 2. The summed E-state index contributed by atoms with van der Waals surface area (Å²) in [6.45, 7) is 10.2. The van der Waals surface area contributed by atoms with Crippen LogP contribution in [0, 0.1) is 11.8 Å². The van der Waals surface area contributed by atoms with E-state index in [1.54, 1.807) is 0 Å². The second-order valence-corrected chi connectivity index (χ2v) is 9.17. The van der Waals surface area contributed by atoms with E-state index >= 15 is 0 Å². The topological polar surface area (TPSA) is 67.2 Å². The van der Waals surface area contributed by atoms with Crippen LogP contribution in [0.15, 0.2) is 29.4 Å². The molecule has 2 amide bonds. The summed E-state index contributed by atoms with van der Waals surface area (Å²) in [5.41, 5.74) is 1.78. The first-order valence-electron chi connectivity index (χ1n) is 9.98. The van der Waals surface area contributed by atoms with Crippen LogP contribution >= 0.6 is 11.8 Å². The van der Waals surface area contributed by atoms with Crippen molar-refractivity contribution in [2.24, 2.45) is 11.8 Å². The molecule has 1 aromatic heterocycles. The van der Waals surface area contributed by atoms with Crippen LogP contribution in [0.3, 0.4) is 0 Å². The number of fused-ring (bicyclic) bond motifs is 1. The van der Waals surface area contributed by atoms with Gasteiger partial charge in [0.05, 0.1) is 16.8 Å². The summed E-state index contributed by atoms with van der Waals surface area (Å²) in [7, 11) is 0. The van der Waals surface area contributed by atoms with Crippen molar-refractivity contribution in [3.05, 3.63) is 24.3 Å². The van der Waals surface area contributed by atoms with Gasteiger partial charge in [-0.2, -0.15) is 0 Å². The van der Waals surface area contributed by atoms with Crippen molar-refractivity contribution in [3.63, 3.8) is 0 Å². The van der Waals surface area contributed by atoms with E-state index in [-0.39, 0.29) is 30.2 Å². The zero-order chi connectivity index (χ0) is 20.3. The van der Waals surface area contributed by atoms with E-state index in [1.165, 1.54) is 18.2 Å². The number of carbonyl (C=O) groups is 2. The fourth-order valence-electron chi connectivity index (χ4n) is 3.91. The molecular formula is C21H30N4O2S. The number of piperidine rings is 1. The standard InChI is InChI=1S/C21H30N4O2S/c1-14(2)22-19(26)13-28-21-23-17-7-5-6-8-18(17)25(21)12-20(27)24-10-15(3)9-16(4)11-24/h5-8,14-16H,9-13H2,1-4H3,(H,22,26)/t15-,16-/m1/s1. The number of thioether (sulfide) groups is 1. The third kappa shape index (κ3) is 5.07. The van der Waals surface area contributed by atoms with Crippen LogP contribution in [0.4, 0.5) is 0 Å². The zero-order valence-electron chi connectivity index (χ0n) is 17.1. The van der Waals surface area contributed by atoms with Gasteiger partial charge < -0.3 is 14.8 Å². The molecule has 1 aromatic carbocycles. The van der Waals surface area contributed by atoms with Crippen LogP contribution in [0.2, 0.25) is 0 Å². The average molecular weight is 403 g/mol. The van der Waals surface area contributed by atoms with Crippen molar-refractivity contribution in [2.45, 2.75) is 51.9 Å². The Kier molecular flexibility index (Phi) is 6.65. The highest BCUT2D eigenvalue weighted by atomic mass is 32.2. The van der Waals surface area contributed by atoms with E-state index in [1.807, 2.05) is 47.6 Å². The highest BCUT2D eigenvalue weighted by Crippen LogP contribution is 2.26. The molecule has 0 saturated carbocycles. The maximum Gasteiger partial charge on any atom is 0.242 e. The van der Waals surface area contributed by atoms with Crippen molar-refractivity contribution >= 4 is 34.6 Å². The molecule has 0 aliphatic carbocycles. The number of imidazole rings is 1. The van der Waals surface area contributed by atoms with Gasteiger partial charge in [-0.05, 0) is 44.2 Å². The molecule has 0 radical (unpaired) electrons. The lowest BCUT2D eigenvalue weighted by atomic mass is 9.92. The number of rotatable bonds is 6. The second kappa shape index (κ2) is 8.99. The lowest BCUT2D eigenvalue weighted by molar-refractivity contribution is -0.134. The molecule has 2 heterocycles. The first-order valence-corrected chi connectivity index (χ1v) is 11.0. The molecule has 3 rings (SSSR count). The van der Waals surface area contributed by atoms with Crippen LogP contribution < -0.4 is 5.32 Å². The van der Waals surface area contributed by atoms with Gasteiger partial charge in [-0.3, -0.25) is 9.59 Å². The van der Waals surface area contributed by atoms with Gasteiger partial charge in [0, 0.05) is 19.1 Å². The Bertz CT molecular complexity index is 838. The maximum atomic E-state index is 13.0. The third-order valence-electron chi connectivity index (χ3n) is 4.92. The molecule has 0 unspecified atom stereocenters. The van der Waals surface area contributed by atoms with Crippen molar-refractivity contribution in [2.75, 3.05) is 18.8 Å². The fraction of sp³-hybridized carbons (Fsp3) is 0.571. The number of nitrogens with zero attached hydrogens (tertiary/aromatic N) is 3. The molecule has 1 fully saturated rings. The lowest BCUT2D eigenvalue weighted by Crippen LogP contribution is -2.44. The zero-order valence-corrected chi connectivity index (χ0v) is 18.0. The normalized spacial score (nSPS) is 20.0. The summed E-state index contributed by atoms with van der Waals surface area (Å²) in [4.78, 5) is 31.7. The molecule has 1 aliphatic rings. The molecule has 1 saturated heterocycles. The van der Waals surface area contributed by atoms with Gasteiger partial charge in [0.2, 0.25) is 11.8 Å². The number of nitrogens with one attached hydrogen (secondary N) is 1. The van der Waals surface area contributed by atoms with Crippen molar-refractivity contribution < 1.29 is 9.59 Å². The SMILES string of the molecule is CC(C)NC(=O)CSc1nc2ccccc2n1CC(=O)N1C[C@H](C)C[C@@H](C)C1. The van der Waals surface area contributed by atoms with Gasteiger partial charge in [0.25, 0.3) is 0 Å². The Labute approximate surface area is 171 Å². The monoisotopic (exact) mass is 402 g/mol. The van der Waals surface area contributed by atoms with Crippen LogP contribution in [0.25, 0.3) is 11.0 Å². The number of hydrogen-bond donors (Lipinski definition) is 1. The number of likely N-dealkylation sites (tertiary alicyclic amines) is 1. The van der Waals surface area contributed by atoms with E-state index in [4.69, 9.17) is 0 Å². The first kappa shape index (κ1) is 20.7. The molecule has 7 heteroatoms. The molecule has 152 valence electrons. The van der Waals surface area contributed by atoms with Gasteiger partial charge in [0.1, 0.15) is 6.54 Å². The number of aromatic nitrogens is 2. The molecular weight excluding hydrogens is 372 g/mol. The summed E-state index contributed by atoms with van der Waals surface area (Å²) in [5.74, 6) is 1.44. The van der Waals surface area contributed by atoms with Gasteiger partial charge in [-0.1, -0.05) is 37.7 Å². The Balaban J connectivity index is 1.78. The molecule has 2 aromatic rings. The average Bonchev–Trinajstić information content (AvgIpc) is 2.96. The molecule has 0 bridgehead atoms. The van der Waals surface area contributed by atoms with Gasteiger partial charge in [-0.15, -0.1) is 0 Å². The number of hydrogen-bond acceptors (Lipinski definition) is 4. The summed E-state index contributed by atoms with van der Waals surface area (Å²) in [5, 5.41) is 3.61. The van der Waals surface area contributed by atoms with Gasteiger partial charge >= 0.3 is 0 Å². The van der Waals surface area contributed by atoms with E-state index in [0.29, 0.717) is 17.0 Å². The Morgan fingerprint density at radius 3 is 2.57 bits per heavy atom. The quantitative estimate of drug-likeness (QED) is 0.754. The minimum Gasteiger partial charge on any atom is -0.353 e. The van der Waals surface area contributed by atoms with Crippen LogP contribution in [0.1, 0.15) is 34.1 Å². The minimum atomic E-state index is -0.0244. The largest absolute Gasteiger partial charge is 0.353 e. The van der Waals surface area contributed by atoms with E-state index < -0.39 is 0 Å². The van der Waals surface area contributed by atoms with E-state index in [9.17, 15) is 9.59 Å². The predicted octanol–water partition coefficient (Wildman–Crippen LogP) is 3.16. The van der Waals surface area contributed by atoms with Crippen LogP contribution in [-0.2, 0) is 16.1 Å². The van der Waals surface area contributed by atoms with Gasteiger partial charge in [0.15, 0.2) is 5.16 Å². The molecule has 2 atom stereocenters. The minimum absolute atomic E-state index is 0.0244. The fourth-order valence-corrected chi connectivity index (χ4v) is 4.74. The molecule has 6 nitrogen and oxygen atoms in total. The van der Waals surface area contributed by atoms with Crippen molar-refractivity contribution in [3.8, 4) is 0 Å². The van der Waals surface area contributed by atoms with Crippen molar-refractivity contribution in [1.82, 2.24) is 19.8 Å². The second-order valence-electron chi connectivity index (χ2n) is 8.22. The number of carbonyl (C=O) groups excluding carboxylic acids is 2. The highest BCUT2D eigenvalue weighted by molar-refractivity contribution is 7.99. The summed E-state index contributed by atoms with van der Waals surface area (Å²) >= 11 is 1.38. The first-order chi connectivity index (χ1) is 13.3. The van der Waals surface area contributed by atoms with Gasteiger partial charge in [-0.25, -0.2) is 4.98 Å². The third-order valence-corrected chi connectivity index (χ3v) is 5.89. The van der Waals surface area contributed by atoms with Crippen molar-refractivity contribution in [1.29, 1.82) is 0 Å². The lowest BCUT2D eigenvalue weighted by Gasteiger charge is -2.35. The number of benzene rings is 1. The van der Waals surface area contributed by atoms with E-state index in [2.05, 4.69) is 24.1 Å². The molecule has 1 aliphatic heterocycles. The van der Waals surface area contributed by atoms with Crippen LogP contribution in [-0.4, -0.2) is 51.1 Å². The molecule has 1 N–H and O–H groups in total. The Hall–Kier alpha value is -2.02. The smallest absolute Gasteiger partial charge is 0.242 e. The maximum absolute atomic E-state index is 13.0. The molecule has 0 spiro atoms. The summed E-state index contributed by atoms with van der Waals surface area (Å²) < 4.78 is 1.95. The summed E-state index contributed by atoms with van der Waals surface area (Å²) in [6, 6.07) is 7.93. The Morgan fingerprint density at radius 1 is 1.21 bits per heavy atom. The Morgan fingerprint density at radius 2 is 1.89 bits per heavy atom.